The molecule has 144 valence electrons. The van der Waals surface area contributed by atoms with Crippen LogP contribution in [0.15, 0.2) is 46.3 Å². The summed E-state index contributed by atoms with van der Waals surface area (Å²) < 4.78 is 2.08. The molecule has 8 nitrogen and oxygen atoms in total. The Hall–Kier alpha value is -3.33. The summed E-state index contributed by atoms with van der Waals surface area (Å²) in [4.78, 5) is 28.6. The van der Waals surface area contributed by atoms with Gasteiger partial charge in [0.25, 0.3) is 5.56 Å². The van der Waals surface area contributed by atoms with E-state index in [9.17, 15) is 9.59 Å². The van der Waals surface area contributed by atoms with Gasteiger partial charge in [-0.25, -0.2) is 5.43 Å². The first-order valence-electron chi connectivity index (χ1n) is 8.64. The van der Waals surface area contributed by atoms with Crippen molar-refractivity contribution in [2.24, 2.45) is 5.10 Å². The van der Waals surface area contributed by atoms with Gasteiger partial charge in [0.1, 0.15) is 0 Å². The first-order chi connectivity index (χ1) is 13.4. The fourth-order valence-corrected chi connectivity index (χ4v) is 3.04. The molecule has 3 aromatic rings. The number of carbonyl (C=O) groups is 1. The Balaban J connectivity index is 1.66. The topological polar surface area (TPSA) is 108 Å². The van der Waals surface area contributed by atoms with Gasteiger partial charge in [0, 0.05) is 23.0 Å². The number of hydrogen-bond acceptors (Lipinski definition) is 5. The van der Waals surface area contributed by atoms with Gasteiger partial charge in [-0.15, -0.1) is 0 Å². The standard InChI is InChI=1S/C19H20N6O2S/c1-12-16(13(2)25(24-12)11-14-6-4-3-5-7-14)10-20-23-18(27)9-15-8-17(26)22-19(28)21-15/h3-8,10H,9,11H2,1-2H3,(H,23,27)(H2,21,22,26,28)/b20-10-. The molecule has 0 aliphatic carbocycles. The molecule has 2 aromatic heterocycles. The van der Waals surface area contributed by atoms with Gasteiger partial charge in [-0.1, -0.05) is 30.3 Å². The molecule has 2 heterocycles. The maximum atomic E-state index is 12.0. The molecule has 0 spiro atoms. The van der Waals surface area contributed by atoms with Gasteiger partial charge in [-0.3, -0.25) is 19.3 Å². The number of aryl methyl sites for hydroxylation is 1. The summed E-state index contributed by atoms with van der Waals surface area (Å²) in [5, 5.41) is 8.57. The Morgan fingerprint density at radius 1 is 1.29 bits per heavy atom. The highest BCUT2D eigenvalue weighted by Gasteiger charge is 2.10. The summed E-state index contributed by atoms with van der Waals surface area (Å²) in [5.74, 6) is -0.362. The predicted octanol–water partition coefficient (Wildman–Crippen LogP) is 1.99. The largest absolute Gasteiger partial charge is 0.335 e. The molecule has 0 bridgehead atoms. The predicted molar refractivity (Wildman–Crippen MR) is 109 cm³/mol. The Bertz CT molecular complexity index is 1100. The molecule has 3 N–H and O–H groups in total. The summed E-state index contributed by atoms with van der Waals surface area (Å²) in [6.07, 6.45) is 1.55. The zero-order chi connectivity index (χ0) is 20.1. The third-order valence-electron chi connectivity index (χ3n) is 4.16. The molecule has 0 aliphatic heterocycles. The number of hydrogen-bond donors (Lipinski definition) is 3. The maximum absolute atomic E-state index is 12.0. The number of carbonyl (C=O) groups excluding carboxylic acids is 1. The van der Waals surface area contributed by atoms with Crippen molar-refractivity contribution in [3.05, 3.63) is 79.7 Å². The van der Waals surface area contributed by atoms with Crippen LogP contribution in [-0.2, 0) is 17.8 Å². The van der Waals surface area contributed by atoms with E-state index < -0.39 is 0 Å². The van der Waals surface area contributed by atoms with Crippen molar-refractivity contribution in [3.8, 4) is 0 Å². The number of amides is 1. The second-order valence-electron chi connectivity index (χ2n) is 6.31. The van der Waals surface area contributed by atoms with Crippen LogP contribution in [0.5, 0.6) is 0 Å². The van der Waals surface area contributed by atoms with Crippen molar-refractivity contribution in [1.29, 1.82) is 0 Å². The van der Waals surface area contributed by atoms with Crippen LogP contribution >= 0.6 is 12.2 Å². The highest BCUT2D eigenvalue weighted by Crippen LogP contribution is 2.12. The summed E-state index contributed by atoms with van der Waals surface area (Å²) in [5.41, 5.74) is 6.31. The number of benzene rings is 1. The van der Waals surface area contributed by atoms with Gasteiger partial charge in [0.15, 0.2) is 4.77 Å². The maximum Gasteiger partial charge on any atom is 0.251 e. The molecular formula is C19H20N6O2S. The molecule has 0 aliphatic rings. The number of hydrazone groups is 1. The zero-order valence-electron chi connectivity index (χ0n) is 15.5. The third kappa shape index (κ3) is 4.89. The van der Waals surface area contributed by atoms with E-state index in [1.54, 1.807) is 6.21 Å². The number of aromatic nitrogens is 4. The molecule has 1 amide bonds. The second-order valence-corrected chi connectivity index (χ2v) is 6.72. The van der Waals surface area contributed by atoms with Gasteiger partial charge in [-0.05, 0) is 31.6 Å². The molecule has 1 aromatic carbocycles. The highest BCUT2D eigenvalue weighted by atomic mass is 32.1. The molecule has 0 fully saturated rings. The molecule has 0 radical (unpaired) electrons. The quantitative estimate of drug-likeness (QED) is 0.336. The van der Waals surface area contributed by atoms with Gasteiger partial charge >= 0.3 is 0 Å². The van der Waals surface area contributed by atoms with Gasteiger partial charge in [0.05, 0.1) is 24.9 Å². The van der Waals surface area contributed by atoms with Crippen molar-refractivity contribution < 1.29 is 4.79 Å². The van der Waals surface area contributed by atoms with Crippen LogP contribution in [-0.4, -0.2) is 31.9 Å². The first kappa shape index (κ1) is 19.4. The zero-order valence-corrected chi connectivity index (χ0v) is 16.3. The van der Waals surface area contributed by atoms with Gasteiger partial charge < -0.3 is 4.98 Å². The van der Waals surface area contributed by atoms with E-state index in [4.69, 9.17) is 12.2 Å². The molecule has 0 saturated heterocycles. The Labute approximate surface area is 166 Å². The molecule has 9 heteroatoms. The fraction of sp³-hybridized carbons (Fsp3) is 0.211. The highest BCUT2D eigenvalue weighted by molar-refractivity contribution is 7.71. The lowest BCUT2D eigenvalue weighted by Crippen LogP contribution is -2.22. The van der Waals surface area contributed by atoms with Crippen molar-refractivity contribution in [1.82, 2.24) is 25.2 Å². The van der Waals surface area contributed by atoms with E-state index in [-0.39, 0.29) is 22.7 Å². The number of nitrogens with one attached hydrogen (secondary N) is 3. The lowest BCUT2D eigenvalue weighted by atomic mass is 10.2. The van der Waals surface area contributed by atoms with Crippen molar-refractivity contribution in [3.63, 3.8) is 0 Å². The van der Waals surface area contributed by atoms with E-state index in [0.29, 0.717) is 12.2 Å². The van der Waals surface area contributed by atoms with Crippen LogP contribution in [0.4, 0.5) is 0 Å². The van der Waals surface area contributed by atoms with Crippen LogP contribution in [0.1, 0.15) is 28.2 Å². The SMILES string of the molecule is Cc1nn(Cc2ccccc2)c(C)c1/C=N\NC(=O)Cc1cc(=O)[nH]c(=S)[nH]1. The van der Waals surface area contributed by atoms with E-state index in [2.05, 4.69) is 25.6 Å². The minimum Gasteiger partial charge on any atom is -0.335 e. The van der Waals surface area contributed by atoms with Gasteiger partial charge in [-0.2, -0.15) is 10.2 Å². The lowest BCUT2D eigenvalue weighted by molar-refractivity contribution is -0.120. The van der Waals surface area contributed by atoms with Crippen molar-refractivity contribution in [2.75, 3.05) is 0 Å². The van der Waals surface area contributed by atoms with Crippen LogP contribution in [0.2, 0.25) is 0 Å². The van der Waals surface area contributed by atoms with Crippen LogP contribution in [0, 0.1) is 18.6 Å². The minimum absolute atomic E-state index is 0.0316. The number of nitrogens with zero attached hydrogens (tertiary/aromatic N) is 3. The average molecular weight is 396 g/mol. The Morgan fingerprint density at radius 2 is 2.04 bits per heavy atom. The van der Waals surface area contributed by atoms with E-state index in [1.165, 1.54) is 6.07 Å². The monoisotopic (exact) mass is 396 g/mol. The smallest absolute Gasteiger partial charge is 0.251 e. The number of aromatic amines is 2. The van der Waals surface area contributed by atoms with Crippen molar-refractivity contribution >= 4 is 24.3 Å². The minimum atomic E-state index is -0.362. The average Bonchev–Trinajstić information content (AvgIpc) is 2.89. The van der Waals surface area contributed by atoms with Gasteiger partial charge in [0.2, 0.25) is 5.91 Å². The molecular weight excluding hydrogens is 376 g/mol. The molecule has 0 unspecified atom stereocenters. The third-order valence-corrected chi connectivity index (χ3v) is 4.37. The summed E-state index contributed by atoms with van der Waals surface area (Å²) in [6, 6.07) is 11.3. The molecule has 3 rings (SSSR count). The number of H-pyrrole nitrogens is 2. The summed E-state index contributed by atoms with van der Waals surface area (Å²) in [6.45, 7) is 4.52. The molecule has 0 atom stereocenters. The Kier molecular flexibility index (Phi) is 5.95. The first-order valence-corrected chi connectivity index (χ1v) is 9.05. The van der Waals surface area contributed by atoms with Crippen LogP contribution in [0.25, 0.3) is 0 Å². The van der Waals surface area contributed by atoms with Crippen molar-refractivity contribution in [2.45, 2.75) is 26.8 Å². The molecule has 28 heavy (non-hydrogen) atoms. The normalized spacial score (nSPS) is 11.1. The Morgan fingerprint density at radius 3 is 2.75 bits per heavy atom. The fourth-order valence-electron chi connectivity index (χ4n) is 2.80. The summed E-state index contributed by atoms with van der Waals surface area (Å²) in [7, 11) is 0. The van der Waals surface area contributed by atoms with Crippen LogP contribution < -0.4 is 11.0 Å². The number of rotatable bonds is 6. The molecule has 0 saturated carbocycles. The van der Waals surface area contributed by atoms with E-state index in [1.807, 2.05) is 48.9 Å². The lowest BCUT2D eigenvalue weighted by Gasteiger charge is -2.04. The van der Waals surface area contributed by atoms with E-state index in [0.717, 1.165) is 22.5 Å². The van der Waals surface area contributed by atoms with Crippen LogP contribution in [0.3, 0.4) is 0 Å². The second kappa shape index (κ2) is 8.57. The van der Waals surface area contributed by atoms with E-state index >= 15 is 0 Å². The summed E-state index contributed by atoms with van der Waals surface area (Å²) >= 11 is 4.89.